The van der Waals surface area contributed by atoms with Crippen LogP contribution in [0, 0.1) is 12.3 Å². The van der Waals surface area contributed by atoms with Crippen LogP contribution in [0.1, 0.15) is 24.3 Å². The first kappa shape index (κ1) is 21.1. The molecule has 1 saturated heterocycles. The molecule has 1 aliphatic rings. The standard InChI is InChI=1S/C24H25N7OS/c1-15-4-6-16(7-5-15)20-14-33-24(28-20)27-18-10-8-17(9-11-18)22-29-21(32-30-22)13-19-3-2-12-31(19)23(25)26/h4-11,14,19H,2-3,12-13H2,1H3,(H3,25,26)(H,27,28)/t19-/m0/s1. The zero-order valence-electron chi connectivity index (χ0n) is 18.3. The van der Waals surface area contributed by atoms with E-state index in [1.54, 1.807) is 11.3 Å². The van der Waals surface area contributed by atoms with Crippen molar-refractivity contribution >= 4 is 28.1 Å². The molecule has 1 aliphatic heterocycles. The second-order valence-electron chi connectivity index (χ2n) is 8.20. The number of benzene rings is 2. The van der Waals surface area contributed by atoms with E-state index in [0.29, 0.717) is 18.1 Å². The maximum absolute atomic E-state index is 7.71. The van der Waals surface area contributed by atoms with Gasteiger partial charge in [0, 0.05) is 41.2 Å². The van der Waals surface area contributed by atoms with Crippen molar-refractivity contribution in [2.45, 2.75) is 32.2 Å². The molecular formula is C24H25N7OS. The smallest absolute Gasteiger partial charge is 0.229 e. The number of aryl methyl sites for hydroxylation is 1. The number of nitrogens with two attached hydrogens (primary N) is 1. The largest absolute Gasteiger partial charge is 0.370 e. The fourth-order valence-electron chi connectivity index (χ4n) is 4.04. The predicted molar refractivity (Wildman–Crippen MR) is 131 cm³/mol. The molecule has 0 spiro atoms. The SMILES string of the molecule is Cc1ccc(-c2csc(Nc3ccc(-c4noc(C[C@@H]5CCCN5C(=N)N)n4)cc3)n2)cc1. The number of nitrogens with zero attached hydrogens (tertiary/aromatic N) is 4. The third-order valence-electron chi connectivity index (χ3n) is 5.81. The lowest BCUT2D eigenvalue weighted by molar-refractivity contribution is 0.320. The molecule has 4 aromatic rings. The predicted octanol–water partition coefficient (Wildman–Crippen LogP) is 4.81. The summed E-state index contributed by atoms with van der Waals surface area (Å²) in [6.07, 6.45) is 2.59. The normalized spacial score (nSPS) is 15.7. The molecular weight excluding hydrogens is 434 g/mol. The molecule has 1 atom stereocenters. The third kappa shape index (κ3) is 4.73. The van der Waals surface area contributed by atoms with Gasteiger partial charge >= 0.3 is 0 Å². The van der Waals surface area contributed by atoms with Gasteiger partial charge < -0.3 is 20.5 Å². The zero-order valence-corrected chi connectivity index (χ0v) is 19.1. The van der Waals surface area contributed by atoms with Gasteiger partial charge in [-0.25, -0.2) is 4.98 Å². The van der Waals surface area contributed by atoms with Crippen LogP contribution in [0.2, 0.25) is 0 Å². The van der Waals surface area contributed by atoms with Gasteiger partial charge in [0.1, 0.15) is 0 Å². The quantitative estimate of drug-likeness (QED) is 0.280. The maximum atomic E-state index is 7.71. The molecule has 0 saturated carbocycles. The molecule has 0 amide bonds. The first-order valence-electron chi connectivity index (χ1n) is 10.9. The van der Waals surface area contributed by atoms with E-state index in [1.807, 2.05) is 29.2 Å². The second kappa shape index (κ2) is 9.03. The molecule has 0 radical (unpaired) electrons. The lowest BCUT2D eigenvalue weighted by atomic mass is 10.1. The lowest BCUT2D eigenvalue weighted by Gasteiger charge is -2.23. The average molecular weight is 460 g/mol. The molecule has 0 aliphatic carbocycles. The van der Waals surface area contributed by atoms with E-state index in [-0.39, 0.29) is 12.0 Å². The highest BCUT2D eigenvalue weighted by Crippen LogP contribution is 2.28. The monoisotopic (exact) mass is 459 g/mol. The molecule has 1 fully saturated rings. The summed E-state index contributed by atoms with van der Waals surface area (Å²) >= 11 is 1.57. The van der Waals surface area contributed by atoms with E-state index in [9.17, 15) is 0 Å². The van der Waals surface area contributed by atoms with E-state index in [2.05, 4.69) is 52.0 Å². The topological polar surface area (TPSA) is 117 Å². The van der Waals surface area contributed by atoms with E-state index in [1.165, 1.54) is 5.56 Å². The summed E-state index contributed by atoms with van der Waals surface area (Å²) in [4.78, 5) is 11.1. The molecule has 9 heteroatoms. The van der Waals surface area contributed by atoms with Gasteiger partial charge in [-0.1, -0.05) is 35.0 Å². The maximum Gasteiger partial charge on any atom is 0.229 e. The summed E-state index contributed by atoms with van der Waals surface area (Å²) in [7, 11) is 0. The summed E-state index contributed by atoms with van der Waals surface area (Å²) < 4.78 is 5.46. The minimum atomic E-state index is 0.103. The van der Waals surface area contributed by atoms with Gasteiger partial charge in [0.15, 0.2) is 11.1 Å². The van der Waals surface area contributed by atoms with Crippen LogP contribution in [0.3, 0.4) is 0 Å². The number of hydrogen-bond acceptors (Lipinski definition) is 7. The van der Waals surface area contributed by atoms with Crippen LogP contribution in [-0.2, 0) is 6.42 Å². The van der Waals surface area contributed by atoms with Crippen molar-refractivity contribution in [2.24, 2.45) is 5.73 Å². The van der Waals surface area contributed by atoms with Gasteiger partial charge in [0.25, 0.3) is 0 Å². The van der Waals surface area contributed by atoms with Crippen LogP contribution in [0.4, 0.5) is 10.8 Å². The van der Waals surface area contributed by atoms with Crippen LogP contribution in [-0.4, -0.2) is 38.6 Å². The number of thiazole rings is 1. The highest BCUT2D eigenvalue weighted by atomic mass is 32.1. The Morgan fingerprint density at radius 3 is 2.67 bits per heavy atom. The van der Waals surface area contributed by atoms with E-state index < -0.39 is 0 Å². The van der Waals surface area contributed by atoms with Crippen LogP contribution in [0.15, 0.2) is 58.4 Å². The lowest BCUT2D eigenvalue weighted by Crippen LogP contribution is -2.41. The first-order valence-corrected chi connectivity index (χ1v) is 11.8. The van der Waals surface area contributed by atoms with Crippen LogP contribution < -0.4 is 11.1 Å². The van der Waals surface area contributed by atoms with Gasteiger partial charge in [-0.3, -0.25) is 5.41 Å². The number of likely N-dealkylation sites (tertiary alicyclic amines) is 1. The summed E-state index contributed by atoms with van der Waals surface area (Å²) in [5.74, 6) is 1.23. The van der Waals surface area contributed by atoms with Crippen molar-refractivity contribution < 1.29 is 4.52 Å². The molecule has 3 heterocycles. The van der Waals surface area contributed by atoms with Crippen molar-refractivity contribution in [1.82, 2.24) is 20.0 Å². The Morgan fingerprint density at radius 1 is 1.15 bits per heavy atom. The molecule has 33 heavy (non-hydrogen) atoms. The molecule has 8 nitrogen and oxygen atoms in total. The molecule has 0 bridgehead atoms. The molecule has 168 valence electrons. The van der Waals surface area contributed by atoms with Crippen molar-refractivity contribution in [3.05, 3.63) is 65.4 Å². The summed E-state index contributed by atoms with van der Waals surface area (Å²) in [5.41, 5.74) is 10.8. The van der Waals surface area contributed by atoms with E-state index in [0.717, 1.165) is 47.0 Å². The highest BCUT2D eigenvalue weighted by Gasteiger charge is 2.27. The Bertz CT molecular complexity index is 1250. The summed E-state index contributed by atoms with van der Waals surface area (Å²) in [5, 5.41) is 18.1. The number of aromatic nitrogens is 3. The Balaban J connectivity index is 1.23. The van der Waals surface area contributed by atoms with Gasteiger partial charge in [-0.2, -0.15) is 4.98 Å². The van der Waals surface area contributed by atoms with Crippen molar-refractivity contribution in [3.63, 3.8) is 0 Å². The molecule has 2 aromatic carbocycles. The van der Waals surface area contributed by atoms with Gasteiger partial charge in [-0.15, -0.1) is 11.3 Å². The van der Waals surface area contributed by atoms with Crippen LogP contribution in [0.5, 0.6) is 0 Å². The molecule has 4 N–H and O–H groups in total. The first-order chi connectivity index (χ1) is 16.0. The van der Waals surface area contributed by atoms with Crippen LogP contribution >= 0.6 is 11.3 Å². The number of anilines is 2. The zero-order chi connectivity index (χ0) is 22.8. The number of guanidine groups is 1. The van der Waals surface area contributed by atoms with E-state index >= 15 is 0 Å². The van der Waals surface area contributed by atoms with Gasteiger partial charge in [-0.05, 0) is 44.0 Å². The summed E-state index contributed by atoms with van der Waals surface area (Å²) in [6.45, 7) is 2.88. The Hall–Kier alpha value is -3.72. The van der Waals surface area contributed by atoms with Crippen LogP contribution in [0.25, 0.3) is 22.6 Å². The summed E-state index contributed by atoms with van der Waals surface area (Å²) in [6, 6.07) is 16.4. The number of hydrogen-bond donors (Lipinski definition) is 3. The number of nitrogens with one attached hydrogen (secondary N) is 2. The average Bonchev–Trinajstić information content (AvgIpc) is 3.57. The Morgan fingerprint density at radius 2 is 1.91 bits per heavy atom. The molecule has 2 aromatic heterocycles. The molecule has 5 rings (SSSR count). The highest BCUT2D eigenvalue weighted by molar-refractivity contribution is 7.14. The Kier molecular flexibility index (Phi) is 5.78. The van der Waals surface area contributed by atoms with E-state index in [4.69, 9.17) is 20.7 Å². The third-order valence-corrected chi connectivity index (χ3v) is 6.57. The molecule has 0 unspecified atom stereocenters. The number of rotatable bonds is 6. The Labute approximate surface area is 196 Å². The van der Waals surface area contributed by atoms with Gasteiger partial charge in [0.05, 0.1) is 5.69 Å². The minimum Gasteiger partial charge on any atom is -0.370 e. The van der Waals surface area contributed by atoms with Crippen molar-refractivity contribution in [3.8, 4) is 22.6 Å². The van der Waals surface area contributed by atoms with Gasteiger partial charge in [0.2, 0.25) is 11.7 Å². The second-order valence-corrected chi connectivity index (χ2v) is 9.05. The fourth-order valence-corrected chi connectivity index (χ4v) is 4.78. The fraction of sp³-hybridized carbons (Fsp3) is 0.250. The minimum absolute atomic E-state index is 0.103. The van der Waals surface area contributed by atoms with Crippen molar-refractivity contribution in [2.75, 3.05) is 11.9 Å². The van der Waals surface area contributed by atoms with Crippen molar-refractivity contribution in [1.29, 1.82) is 5.41 Å².